The molecule has 2 aromatic carbocycles. The molecule has 3 aromatic rings. The van der Waals surface area contributed by atoms with Gasteiger partial charge in [0.05, 0.1) is 18.2 Å². The summed E-state index contributed by atoms with van der Waals surface area (Å²) in [5.74, 6) is -0.0179. The summed E-state index contributed by atoms with van der Waals surface area (Å²) in [5.41, 5.74) is 3.36. The van der Waals surface area contributed by atoms with Crippen LogP contribution < -0.4 is 5.32 Å². The summed E-state index contributed by atoms with van der Waals surface area (Å²) in [5, 5.41) is 16.9. The summed E-state index contributed by atoms with van der Waals surface area (Å²) in [6.07, 6.45) is 1.51. The summed E-state index contributed by atoms with van der Waals surface area (Å²) >= 11 is 3.41. The predicted molar refractivity (Wildman–Crippen MR) is 124 cm³/mol. The number of tetrazole rings is 1. The Morgan fingerprint density at radius 1 is 1.21 bits per heavy atom. The van der Waals surface area contributed by atoms with Crippen molar-refractivity contribution in [2.75, 3.05) is 6.61 Å². The molecule has 0 saturated heterocycles. The van der Waals surface area contributed by atoms with E-state index in [1.54, 1.807) is 6.92 Å². The Bertz CT molecular complexity index is 1190. The maximum Gasteiger partial charge on any atom is 0.338 e. The molecule has 10 heteroatoms. The largest absolute Gasteiger partial charge is 0.458 e. The third-order valence-electron chi connectivity index (χ3n) is 5.25. The van der Waals surface area contributed by atoms with E-state index < -0.39 is 12.0 Å². The Morgan fingerprint density at radius 2 is 1.94 bits per heavy atom. The summed E-state index contributed by atoms with van der Waals surface area (Å²) in [7, 11) is 0. The Labute approximate surface area is 198 Å². The number of aromatic nitrogens is 4. The van der Waals surface area contributed by atoms with Crippen molar-refractivity contribution < 1.29 is 14.3 Å². The molecule has 1 aliphatic heterocycles. The van der Waals surface area contributed by atoms with Crippen molar-refractivity contribution in [1.82, 2.24) is 30.8 Å². The molecule has 0 spiro atoms. The summed E-state index contributed by atoms with van der Waals surface area (Å²) in [6.45, 7) is 5.70. The number of amides is 2. The summed E-state index contributed by atoms with van der Waals surface area (Å²) in [4.78, 5) is 27.6. The molecular weight excluding hydrogens is 488 g/mol. The number of ether oxygens (including phenoxy) is 1. The highest BCUT2D eigenvalue weighted by molar-refractivity contribution is 9.10. The molecule has 0 radical (unpaired) electrons. The second kappa shape index (κ2) is 9.78. The average molecular weight is 509 g/mol. The molecule has 1 aromatic heterocycles. The van der Waals surface area contributed by atoms with Gasteiger partial charge in [-0.05, 0) is 35.4 Å². The number of aromatic amines is 1. The number of halogens is 1. The number of nitrogens with zero attached hydrogens (tertiary/aromatic N) is 4. The Morgan fingerprint density at radius 3 is 2.58 bits per heavy atom. The molecule has 0 bridgehead atoms. The van der Waals surface area contributed by atoms with Crippen molar-refractivity contribution in [3.05, 3.63) is 88.1 Å². The van der Waals surface area contributed by atoms with Gasteiger partial charge in [0.1, 0.15) is 6.61 Å². The maximum atomic E-state index is 13.1. The lowest BCUT2D eigenvalue weighted by Crippen LogP contribution is -2.47. The van der Waals surface area contributed by atoms with Gasteiger partial charge in [-0.25, -0.2) is 9.59 Å². The van der Waals surface area contributed by atoms with Gasteiger partial charge >= 0.3 is 12.0 Å². The maximum absolute atomic E-state index is 13.1. The number of urea groups is 1. The van der Waals surface area contributed by atoms with E-state index in [0.29, 0.717) is 17.1 Å². The third-order valence-corrected chi connectivity index (χ3v) is 5.78. The Balaban J connectivity index is 1.65. The highest BCUT2D eigenvalue weighted by atomic mass is 79.9. The number of rotatable bonds is 7. The zero-order chi connectivity index (χ0) is 23.4. The number of hydrogen-bond acceptors (Lipinski definition) is 6. The molecule has 4 rings (SSSR count). The first-order valence-electron chi connectivity index (χ1n) is 10.1. The van der Waals surface area contributed by atoms with Crippen molar-refractivity contribution in [2.24, 2.45) is 0 Å². The van der Waals surface area contributed by atoms with Gasteiger partial charge < -0.3 is 10.1 Å². The van der Waals surface area contributed by atoms with Gasteiger partial charge in [-0.3, -0.25) is 4.90 Å². The normalized spacial score (nSPS) is 15.9. The quantitative estimate of drug-likeness (QED) is 0.369. The Kier molecular flexibility index (Phi) is 6.64. The lowest BCUT2D eigenvalue weighted by molar-refractivity contribution is -0.138. The fourth-order valence-corrected chi connectivity index (χ4v) is 3.84. The molecule has 2 amide bonds. The molecule has 1 aliphatic rings. The Hall–Kier alpha value is -3.79. The van der Waals surface area contributed by atoms with Crippen LogP contribution in [0.5, 0.6) is 0 Å². The lowest BCUT2D eigenvalue weighted by atomic mass is 9.94. The van der Waals surface area contributed by atoms with Crippen LogP contribution in [-0.4, -0.2) is 44.1 Å². The fourth-order valence-electron chi connectivity index (χ4n) is 3.58. The minimum absolute atomic E-state index is 0.0775. The average Bonchev–Trinajstić information content (AvgIpc) is 3.36. The molecule has 0 saturated carbocycles. The van der Waals surface area contributed by atoms with Gasteiger partial charge in [0, 0.05) is 15.7 Å². The van der Waals surface area contributed by atoms with Crippen molar-refractivity contribution in [3.63, 3.8) is 0 Å². The van der Waals surface area contributed by atoms with Crippen LogP contribution in [0.1, 0.15) is 24.1 Å². The molecule has 0 aliphatic carbocycles. The smallest absolute Gasteiger partial charge is 0.338 e. The number of esters is 1. The molecule has 9 nitrogen and oxygen atoms in total. The second-order valence-electron chi connectivity index (χ2n) is 7.34. The highest BCUT2D eigenvalue weighted by Crippen LogP contribution is 2.33. The van der Waals surface area contributed by atoms with Crippen molar-refractivity contribution in [2.45, 2.75) is 19.5 Å². The number of H-pyrrole nitrogens is 1. The number of carbonyl (C=O) groups excluding carboxylic acids is 2. The van der Waals surface area contributed by atoms with Crippen molar-refractivity contribution in [1.29, 1.82) is 0 Å². The SMILES string of the molecule is C=CCOC(=O)C1=C(C)N(Cc2ccc(-c3nn[nH]n3)cc2)C(=O)NC1c1ccc(Br)cc1. The van der Waals surface area contributed by atoms with Gasteiger partial charge in [-0.1, -0.05) is 65.0 Å². The van der Waals surface area contributed by atoms with Crippen LogP contribution in [0.15, 0.2) is 76.9 Å². The molecule has 0 fully saturated rings. The molecule has 2 N–H and O–H groups in total. The van der Waals surface area contributed by atoms with Crippen LogP contribution in [0.2, 0.25) is 0 Å². The number of carbonyl (C=O) groups is 2. The first-order chi connectivity index (χ1) is 16.0. The molecule has 33 heavy (non-hydrogen) atoms. The second-order valence-corrected chi connectivity index (χ2v) is 8.25. The van der Waals surface area contributed by atoms with Crippen LogP contribution in [0, 0.1) is 0 Å². The van der Waals surface area contributed by atoms with Gasteiger partial charge in [-0.2, -0.15) is 5.21 Å². The van der Waals surface area contributed by atoms with Crippen LogP contribution in [0.3, 0.4) is 0 Å². The van der Waals surface area contributed by atoms with Crippen LogP contribution in [0.4, 0.5) is 4.79 Å². The van der Waals surface area contributed by atoms with Crippen LogP contribution in [0.25, 0.3) is 11.4 Å². The predicted octanol–water partition coefficient (Wildman–Crippen LogP) is 3.90. The molecule has 2 heterocycles. The van der Waals surface area contributed by atoms with E-state index in [0.717, 1.165) is 21.2 Å². The van der Waals surface area contributed by atoms with E-state index >= 15 is 0 Å². The van der Waals surface area contributed by atoms with Gasteiger partial charge in [0.15, 0.2) is 0 Å². The number of benzene rings is 2. The lowest BCUT2D eigenvalue weighted by Gasteiger charge is -2.35. The summed E-state index contributed by atoms with van der Waals surface area (Å²) < 4.78 is 6.24. The molecule has 168 valence electrons. The first-order valence-corrected chi connectivity index (χ1v) is 10.9. The first kappa shape index (κ1) is 22.4. The molecule has 1 atom stereocenters. The number of hydrogen-bond donors (Lipinski definition) is 2. The highest BCUT2D eigenvalue weighted by Gasteiger charge is 2.36. The van der Waals surface area contributed by atoms with Gasteiger partial charge in [-0.15, -0.1) is 10.2 Å². The van der Waals surface area contributed by atoms with Crippen molar-refractivity contribution >= 4 is 27.9 Å². The zero-order valence-corrected chi connectivity index (χ0v) is 19.4. The third kappa shape index (κ3) is 4.85. The topological polar surface area (TPSA) is 113 Å². The number of nitrogens with one attached hydrogen (secondary N) is 2. The minimum Gasteiger partial charge on any atom is -0.458 e. The monoisotopic (exact) mass is 508 g/mol. The van der Waals surface area contributed by atoms with E-state index in [4.69, 9.17) is 4.74 Å². The van der Waals surface area contributed by atoms with Gasteiger partial charge in [0.25, 0.3) is 0 Å². The van der Waals surface area contributed by atoms with Gasteiger partial charge in [0.2, 0.25) is 5.82 Å². The number of allylic oxidation sites excluding steroid dienone is 1. The van der Waals surface area contributed by atoms with E-state index in [1.807, 2.05) is 48.5 Å². The fraction of sp³-hybridized carbons (Fsp3) is 0.174. The van der Waals surface area contributed by atoms with E-state index in [2.05, 4.69) is 48.4 Å². The van der Waals surface area contributed by atoms with E-state index in [9.17, 15) is 9.59 Å². The summed E-state index contributed by atoms with van der Waals surface area (Å²) in [6, 6.07) is 14.0. The van der Waals surface area contributed by atoms with E-state index in [1.165, 1.54) is 11.0 Å². The van der Waals surface area contributed by atoms with E-state index in [-0.39, 0.29) is 19.2 Å². The van der Waals surface area contributed by atoms with Crippen molar-refractivity contribution in [3.8, 4) is 11.4 Å². The van der Waals surface area contributed by atoms with Crippen LogP contribution >= 0.6 is 15.9 Å². The molecule has 1 unspecified atom stereocenters. The minimum atomic E-state index is -0.625. The zero-order valence-electron chi connectivity index (χ0n) is 17.8. The standard InChI is InChI=1S/C23H21BrN6O3/c1-3-12-33-22(31)19-14(2)30(23(32)25-20(19)16-8-10-18(24)11-9-16)13-15-4-6-17(7-5-15)21-26-28-29-27-21/h3-11,20H,1,12-13H2,2H3,(H,25,32)(H,26,27,28,29). The molecular formula is C23H21BrN6O3. The van der Waals surface area contributed by atoms with Crippen LogP contribution in [-0.2, 0) is 16.1 Å².